The smallest absolute Gasteiger partial charge is 0.399 e. The molecule has 342 valence electrons. The minimum atomic E-state index is -0.401. The highest BCUT2D eigenvalue weighted by Gasteiger charge is 2.51. The van der Waals surface area contributed by atoms with E-state index in [1.165, 1.54) is 24.0 Å². The van der Waals surface area contributed by atoms with Gasteiger partial charge in [-0.2, -0.15) is 0 Å². The molecule has 1 fully saturated rings. The van der Waals surface area contributed by atoms with Crippen LogP contribution in [0.3, 0.4) is 0 Å². The maximum absolute atomic E-state index is 11.7. The average Bonchev–Trinajstić information content (AvgIpc) is 4.06. The number of aromatic nitrogens is 8. The van der Waals surface area contributed by atoms with Crippen molar-refractivity contribution in [2.75, 3.05) is 23.8 Å². The van der Waals surface area contributed by atoms with E-state index in [2.05, 4.69) is 118 Å². The number of anilines is 3. The Labute approximate surface area is 400 Å². The van der Waals surface area contributed by atoms with Crippen molar-refractivity contribution in [2.45, 2.75) is 106 Å². The molecule has 2 amide bonds. The zero-order valence-corrected chi connectivity index (χ0v) is 41.3. The molecule has 2 aromatic carbocycles. The van der Waals surface area contributed by atoms with Gasteiger partial charge in [0.1, 0.15) is 46.4 Å². The minimum Gasteiger partial charge on any atom is -0.399 e. The molecule has 0 aliphatic carbocycles. The molecule has 1 aliphatic heterocycles. The lowest BCUT2D eigenvalue weighted by molar-refractivity contribution is -0.118. The number of carbonyl (C=O) groups is 2. The van der Waals surface area contributed by atoms with Gasteiger partial charge in [-0.15, -0.1) is 11.3 Å². The number of nitrogens with one attached hydrogen (secondary N) is 2. The Morgan fingerprint density at radius 3 is 2.00 bits per heavy atom. The normalized spacial score (nSPS) is 14.1. The highest BCUT2D eigenvalue weighted by atomic mass is 127. The lowest BCUT2D eigenvalue weighted by Crippen LogP contribution is -2.41. The van der Waals surface area contributed by atoms with E-state index in [4.69, 9.17) is 20.8 Å². The van der Waals surface area contributed by atoms with Crippen molar-refractivity contribution in [3.63, 3.8) is 0 Å². The number of amides is 2. The number of nitrogens with two attached hydrogens (primary N) is 2. The van der Waals surface area contributed by atoms with Gasteiger partial charge in [-0.3, -0.25) is 10.1 Å². The van der Waals surface area contributed by atoms with E-state index in [-0.39, 0.29) is 36.5 Å². The molecule has 0 radical (unpaired) electrons. The molecular weight excluding hydrogens is 974 g/mol. The quantitative estimate of drug-likeness (QED) is 0.0827. The second-order valence-electron chi connectivity index (χ2n) is 16.8. The van der Waals surface area contributed by atoms with Gasteiger partial charge in [0.25, 0.3) is 0 Å². The molecule has 16 nitrogen and oxygen atoms in total. The number of urea groups is 1. The Kier molecular flexibility index (Phi) is 14.9. The molecule has 9 rings (SSSR count). The van der Waals surface area contributed by atoms with Crippen molar-refractivity contribution in [3.05, 3.63) is 70.0 Å². The van der Waals surface area contributed by atoms with Gasteiger partial charge in [0.15, 0.2) is 5.13 Å². The van der Waals surface area contributed by atoms with Crippen LogP contribution in [-0.2, 0) is 20.5 Å². The summed E-state index contributed by atoms with van der Waals surface area (Å²) in [5.74, 6) is 1.24. The molecule has 65 heavy (non-hydrogen) atoms. The van der Waals surface area contributed by atoms with E-state index >= 15 is 0 Å². The molecule has 0 bridgehead atoms. The molecule has 20 heteroatoms. The predicted molar refractivity (Wildman–Crippen MR) is 275 cm³/mol. The number of ketones is 1. The summed E-state index contributed by atoms with van der Waals surface area (Å²) in [4.78, 5) is 49.0. The number of nitrogen functional groups attached to an aromatic ring is 2. The Balaban J connectivity index is 0.000000168. The van der Waals surface area contributed by atoms with Crippen LogP contribution < -0.4 is 27.6 Å². The number of hydrogen-bond acceptors (Lipinski definition) is 14. The van der Waals surface area contributed by atoms with Gasteiger partial charge < -0.3 is 35.2 Å². The maximum Gasteiger partial charge on any atom is 0.494 e. The molecule has 6 N–H and O–H groups in total. The van der Waals surface area contributed by atoms with Crippen LogP contribution in [0.15, 0.2) is 61.4 Å². The molecule has 6 aromatic heterocycles. The second-order valence-corrected chi connectivity index (χ2v) is 20.1. The van der Waals surface area contributed by atoms with Crippen LogP contribution in [0.5, 0.6) is 0 Å². The first-order chi connectivity index (χ1) is 30.3. The standard InChI is InChI=1S/C20H21N5OS.C15H20BN3O3S.C9H11IN4.CH4/c1-4-13(26)8-17-24-15-6-5-12(7-16(15)27-17)14-9-25(11(2)3)20-18(14)19(21)22-10-23-20;1-14(2)15(3,4)22-16(21-14)9-6-7-10-11(8-9)23-13(18-10)19-12(20)17-5;1-5(2)14-3-6(10)7-8(11)12-4-13-9(7)14;/h5-7,9-11H,4,8H2,1-3H3,(H2,21,22,23);6-8H,1-5H3,(H2,17,18,19,20);3-5H,1-2H3,(H2,11,12,13);1H4. The monoisotopic (exact) mass is 1030 g/mol. The number of thiazole rings is 2. The largest absolute Gasteiger partial charge is 0.494 e. The first-order valence-electron chi connectivity index (χ1n) is 20.8. The van der Waals surface area contributed by atoms with Crippen molar-refractivity contribution in [1.82, 2.24) is 44.4 Å². The average molecular weight is 1030 g/mol. The Morgan fingerprint density at radius 1 is 0.815 bits per heavy atom. The van der Waals surface area contributed by atoms with Gasteiger partial charge in [0, 0.05) is 47.1 Å². The van der Waals surface area contributed by atoms with Gasteiger partial charge in [-0.05, 0) is 113 Å². The van der Waals surface area contributed by atoms with E-state index in [1.807, 2.05) is 65.0 Å². The van der Waals surface area contributed by atoms with E-state index in [0.29, 0.717) is 35.7 Å². The summed E-state index contributed by atoms with van der Waals surface area (Å²) in [5.41, 5.74) is 17.8. The first-order valence-corrected chi connectivity index (χ1v) is 23.6. The van der Waals surface area contributed by atoms with Crippen LogP contribution in [0.4, 0.5) is 21.6 Å². The number of hydrogen-bond donors (Lipinski definition) is 4. The van der Waals surface area contributed by atoms with Crippen molar-refractivity contribution in [1.29, 1.82) is 0 Å². The van der Waals surface area contributed by atoms with Crippen molar-refractivity contribution >= 4 is 129 Å². The topological polar surface area (TPSA) is 216 Å². The molecule has 1 aliphatic rings. The summed E-state index contributed by atoms with van der Waals surface area (Å²) in [6.07, 6.45) is 8.09. The molecular formula is C45H56BIN12O4S2. The number of Topliss-reactive ketones (excluding diaryl/α,β-unsaturated/α-hetero) is 1. The third kappa shape index (κ3) is 10.3. The summed E-state index contributed by atoms with van der Waals surface area (Å²) in [6.45, 7) is 18.5. The van der Waals surface area contributed by atoms with E-state index in [9.17, 15) is 9.59 Å². The van der Waals surface area contributed by atoms with Gasteiger partial charge in [0.05, 0.1) is 48.8 Å². The van der Waals surface area contributed by atoms with Crippen molar-refractivity contribution in [3.8, 4) is 11.1 Å². The SMILES string of the molecule is C.CC(C)n1cc(I)c2c(N)ncnc21.CCC(=O)Cc1nc2ccc(-c3cn(C(C)C)c4ncnc(N)c34)cc2s1.CNC(=O)Nc1nc2ccc(B3OC(C)(C)C(C)(C)O3)cc2s1. The van der Waals surface area contributed by atoms with E-state index < -0.39 is 7.12 Å². The van der Waals surface area contributed by atoms with Gasteiger partial charge in [-0.25, -0.2) is 34.7 Å². The number of nitrogens with zero attached hydrogens (tertiary/aromatic N) is 8. The third-order valence-corrected chi connectivity index (χ3v) is 14.0. The zero-order chi connectivity index (χ0) is 46.2. The summed E-state index contributed by atoms with van der Waals surface area (Å²) >= 11 is 5.25. The molecule has 0 saturated carbocycles. The van der Waals surface area contributed by atoms with Crippen LogP contribution >= 0.6 is 45.3 Å². The fourth-order valence-corrected chi connectivity index (χ4v) is 9.73. The number of halogens is 1. The van der Waals surface area contributed by atoms with Crippen LogP contribution in [0.25, 0.3) is 53.6 Å². The first kappa shape index (κ1) is 49.2. The highest BCUT2D eigenvalue weighted by Crippen LogP contribution is 2.38. The number of fused-ring (bicyclic) bond motifs is 4. The van der Waals surface area contributed by atoms with Crippen LogP contribution in [-0.4, -0.2) is 76.2 Å². The van der Waals surface area contributed by atoms with Crippen molar-refractivity contribution < 1.29 is 18.9 Å². The molecule has 8 aromatic rings. The Hall–Kier alpha value is -5.29. The second kappa shape index (κ2) is 19.7. The fraction of sp³-hybridized carbons (Fsp3) is 0.378. The highest BCUT2D eigenvalue weighted by molar-refractivity contribution is 14.1. The van der Waals surface area contributed by atoms with Crippen LogP contribution in [0, 0.1) is 3.57 Å². The number of benzene rings is 2. The molecule has 0 spiro atoms. The zero-order valence-electron chi connectivity index (χ0n) is 37.5. The Morgan fingerprint density at radius 2 is 1.38 bits per heavy atom. The third-order valence-electron chi connectivity index (χ3n) is 11.2. The van der Waals surface area contributed by atoms with Crippen LogP contribution in [0.1, 0.15) is 93.3 Å². The molecule has 7 heterocycles. The summed E-state index contributed by atoms with van der Waals surface area (Å²) in [6, 6.07) is 12.4. The number of carbonyl (C=O) groups excluding carboxylic acids is 2. The van der Waals surface area contributed by atoms with E-state index in [1.54, 1.807) is 18.4 Å². The van der Waals surface area contributed by atoms with Crippen molar-refractivity contribution in [2.24, 2.45) is 0 Å². The Bertz CT molecular complexity index is 3000. The maximum atomic E-state index is 11.7. The molecule has 0 atom stereocenters. The van der Waals surface area contributed by atoms with E-state index in [0.717, 1.165) is 67.7 Å². The minimum absolute atomic E-state index is 0. The predicted octanol–water partition coefficient (Wildman–Crippen LogP) is 9.57. The lowest BCUT2D eigenvalue weighted by atomic mass is 9.79. The molecule has 1 saturated heterocycles. The van der Waals surface area contributed by atoms with Gasteiger partial charge in [-0.1, -0.05) is 37.8 Å². The summed E-state index contributed by atoms with van der Waals surface area (Å²) < 4.78 is 19.5. The van der Waals surface area contributed by atoms with Gasteiger partial charge >= 0.3 is 13.1 Å². The van der Waals surface area contributed by atoms with Gasteiger partial charge in [0.2, 0.25) is 0 Å². The summed E-state index contributed by atoms with van der Waals surface area (Å²) in [5, 5.41) is 8.45. The summed E-state index contributed by atoms with van der Waals surface area (Å²) in [7, 11) is 1.17. The lowest BCUT2D eigenvalue weighted by Gasteiger charge is -2.32. The molecule has 0 unspecified atom stereocenters. The fourth-order valence-electron chi connectivity index (χ4n) is 6.97. The van der Waals surface area contributed by atoms with Crippen LogP contribution in [0.2, 0.25) is 0 Å². The number of rotatable bonds is 8.